The van der Waals surface area contributed by atoms with Crippen LogP contribution in [0.1, 0.15) is 25.7 Å². The molecule has 7 heteroatoms. The van der Waals surface area contributed by atoms with Gasteiger partial charge in [-0.05, 0) is 12.8 Å². The Morgan fingerprint density at radius 3 is 2.41 bits per heavy atom. The third kappa shape index (κ3) is 3.09. The van der Waals surface area contributed by atoms with Gasteiger partial charge in [-0.3, -0.25) is 4.79 Å². The van der Waals surface area contributed by atoms with Gasteiger partial charge in [0.2, 0.25) is 5.91 Å². The van der Waals surface area contributed by atoms with Crippen LogP contribution in [0.25, 0.3) is 0 Å². The number of hydrogen-bond acceptors (Lipinski definition) is 3. The van der Waals surface area contributed by atoms with Crippen molar-refractivity contribution in [2.75, 3.05) is 6.54 Å². The molecule has 96 valence electrons. The van der Waals surface area contributed by atoms with Gasteiger partial charge in [-0.25, -0.2) is 0 Å². The average Bonchev–Trinajstić information content (AvgIpc) is 2.73. The highest BCUT2D eigenvalue weighted by Crippen LogP contribution is 2.37. The first-order chi connectivity index (χ1) is 7.82. The normalized spacial score (nSPS) is 20.6. The van der Waals surface area contributed by atoms with E-state index in [1.807, 2.05) is 11.4 Å². The molecular formula is C10H13F3N2O2. The van der Waals surface area contributed by atoms with Gasteiger partial charge < -0.3 is 10.4 Å². The lowest BCUT2D eigenvalue weighted by Crippen LogP contribution is -2.45. The standard InChI is InChI=1S/C10H13F3N2O2/c11-10(12,13)7(16)5-15-8(17)9(6-14)3-1-2-4-9/h7,16H,1-5H2,(H,15,17). The Balaban J connectivity index is 2.53. The molecule has 0 aliphatic heterocycles. The average molecular weight is 250 g/mol. The number of amides is 1. The molecule has 1 rings (SSSR count). The predicted molar refractivity (Wildman–Crippen MR) is 51.6 cm³/mol. The summed E-state index contributed by atoms with van der Waals surface area (Å²) in [4.78, 5) is 11.6. The lowest BCUT2D eigenvalue weighted by atomic mass is 9.87. The Hall–Kier alpha value is -1.29. The molecule has 17 heavy (non-hydrogen) atoms. The van der Waals surface area contributed by atoms with Crippen molar-refractivity contribution < 1.29 is 23.1 Å². The number of nitrogens with one attached hydrogen (secondary N) is 1. The van der Waals surface area contributed by atoms with Crippen LogP contribution in [0.15, 0.2) is 0 Å². The van der Waals surface area contributed by atoms with Crippen LogP contribution >= 0.6 is 0 Å². The van der Waals surface area contributed by atoms with Gasteiger partial charge in [0.25, 0.3) is 0 Å². The third-order valence-electron chi connectivity index (χ3n) is 2.94. The monoisotopic (exact) mass is 250 g/mol. The SMILES string of the molecule is N#CC1(C(=O)NCC(O)C(F)(F)F)CCCC1. The van der Waals surface area contributed by atoms with Gasteiger partial charge in [-0.15, -0.1) is 0 Å². The Kier molecular flexibility index (Phi) is 3.98. The highest BCUT2D eigenvalue weighted by atomic mass is 19.4. The molecular weight excluding hydrogens is 237 g/mol. The lowest BCUT2D eigenvalue weighted by molar-refractivity contribution is -0.202. The smallest absolute Gasteiger partial charge is 0.382 e. The first-order valence-electron chi connectivity index (χ1n) is 5.26. The number of rotatable bonds is 3. The van der Waals surface area contributed by atoms with Crippen molar-refractivity contribution in [3.63, 3.8) is 0 Å². The maximum absolute atomic E-state index is 12.0. The second-order valence-corrected chi connectivity index (χ2v) is 4.17. The van der Waals surface area contributed by atoms with Crippen LogP contribution in [0.5, 0.6) is 0 Å². The van der Waals surface area contributed by atoms with Crippen molar-refractivity contribution in [2.45, 2.75) is 38.0 Å². The molecule has 4 nitrogen and oxygen atoms in total. The highest BCUT2D eigenvalue weighted by Gasteiger charge is 2.43. The molecule has 0 saturated heterocycles. The van der Waals surface area contributed by atoms with Crippen LogP contribution in [0.2, 0.25) is 0 Å². The molecule has 0 bridgehead atoms. The molecule has 1 aliphatic carbocycles. The summed E-state index contributed by atoms with van der Waals surface area (Å²) in [5.74, 6) is -0.721. The zero-order valence-electron chi connectivity index (χ0n) is 9.05. The van der Waals surface area contributed by atoms with Crippen LogP contribution in [0, 0.1) is 16.7 Å². The van der Waals surface area contributed by atoms with E-state index in [9.17, 15) is 18.0 Å². The van der Waals surface area contributed by atoms with E-state index in [4.69, 9.17) is 10.4 Å². The molecule has 1 saturated carbocycles. The minimum absolute atomic E-state index is 0.359. The second-order valence-electron chi connectivity index (χ2n) is 4.17. The fourth-order valence-electron chi connectivity index (χ4n) is 1.84. The molecule has 0 aromatic carbocycles. The van der Waals surface area contributed by atoms with Gasteiger partial charge in [0.15, 0.2) is 6.10 Å². The van der Waals surface area contributed by atoms with E-state index >= 15 is 0 Å². The van der Waals surface area contributed by atoms with Gasteiger partial charge in [-0.1, -0.05) is 12.8 Å². The molecule has 0 aromatic heterocycles. The van der Waals surface area contributed by atoms with E-state index in [2.05, 4.69) is 0 Å². The summed E-state index contributed by atoms with van der Waals surface area (Å²) in [7, 11) is 0. The largest absolute Gasteiger partial charge is 0.416 e. The number of aliphatic hydroxyl groups is 1. The number of nitrogens with zero attached hydrogens (tertiary/aromatic N) is 1. The van der Waals surface area contributed by atoms with Gasteiger partial charge in [0.05, 0.1) is 12.6 Å². The van der Waals surface area contributed by atoms with Crippen molar-refractivity contribution in [2.24, 2.45) is 5.41 Å². The minimum atomic E-state index is -4.76. The summed E-state index contributed by atoms with van der Waals surface area (Å²) in [6.45, 7) is -0.911. The molecule has 2 N–H and O–H groups in total. The van der Waals surface area contributed by atoms with Crippen molar-refractivity contribution >= 4 is 5.91 Å². The number of aliphatic hydroxyl groups excluding tert-OH is 1. The van der Waals surface area contributed by atoms with E-state index < -0.39 is 30.1 Å². The van der Waals surface area contributed by atoms with Gasteiger partial charge in [0, 0.05) is 0 Å². The quantitative estimate of drug-likeness (QED) is 0.788. The maximum Gasteiger partial charge on any atom is 0.416 e. The number of halogens is 3. The molecule has 1 atom stereocenters. The summed E-state index contributed by atoms with van der Waals surface area (Å²) < 4.78 is 36.0. The third-order valence-corrected chi connectivity index (χ3v) is 2.94. The molecule has 1 amide bonds. The van der Waals surface area contributed by atoms with Gasteiger partial charge in [-0.2, -0.15) is 18.4 Å². The maximum atomic E-state index is 12.0. The number of nitriles is 1. The summed E-state index contributed by atoms with van der Waals surface area (Å²) in [5.41, 5.74) is -1.22. The molecule has 1 unspecified atom stereocenters. The van der Waals surface area contributed by atoms with Crippen LogP contribution in [0.3, 0.4) is 0 Å². The van der Waals surface area contributed by atoms with Crippen LogP contribution in [0.4, 0.5) is 13.2 Å². The van der Waals surface area contributed by atoms with Crippen LogP contribution in [-0.4, -0.2) is 29.8 Å². The summed E-state index contributed by atoms with van der Waals surface area (Å²) >= 11 is 0. The molecule has 0 spiro atoms. The fourth-order valence-corrected chi connectivity index (χ4v) is 1.84. The Morgan fingerprint density at radius 1 is 1.47 bits per heavy atom. The first kappa shape index (κ1) is 13.8. The highest BCUT2D eigenvalue weighted by molar-refractivity contribution is 5.85. The van der Waals surface area contributed by atoms with E-state index in [1.165, 1.54) is 0 Å². The van der Waals surface area contributed by atoms with E-state index in [1.54, 1.807) is 0 Å². The summed E-state index contributed by atoms with van der Waals surface area (Å²) in [6, 6.07) is 1.86. The van der Waals surface area contributed by atoms with Crippen LogP contribution in [-0.2, 0) is 4.79 Å². The van der Waals surface area contributed by atoms with Crippen LogP contribution < -0.4 is 5.32 Å². The zero-order chi connectivity index (χ0) is 13.1. The molecule has 1 aliphatic rings. The molecule has 0 aromatic rings. The lowest BCUT2D eigenvalue weighted by Gasteiger charge is -2.21. The Labute approximate surface area is 96.4 Å². The van der Waals surface area contributed by atoms with Gasteiger partial charge >= 0.3 is 6.18 Å². The number of carbonyl (C=O) groups excluding carboxylic acids is 1. The van der Waals surface area contributed by atoms with E-state index in [0.29, 0.717) is 25.7 Å². The Morgan fingerprint density at radius 2 is 2.00 bits per heavy atom. The Bertz CT molecular complexity index is 329. The van der Waals surface area contributed by atoms with Gasteiger partial charge in [0.1, 0.15) is 5.41 Å². The molecule has 0 heterocycles. The summed E-state index contributed by atoms with van der Waals surface area (Å²) in [5, 5.41) is 19.6. The van der Waals surface area contributed by atoms with Crippen molar-refractivity contribution in [3.05, 3.63) is 0 Å². The predicted octanol–water partition coefficient (Wildman–Crippen LogP) is 1.11. The van der Waals surface area contributed by atoms with E-state index in [-0.39, 0.29) is 0 Å². The summed E-state index contributed by atoms with van der Waals surface area (Å²) in [6.07, 6.45) is -5.22. The zero-order valence-corrected chi connectivity index (χ0v) is 9.05. The van der Waals surface area contributed by atoms with E-state index in [0.717, 1.165) is 0 Å². The molecule has 1 fully saturated rings. The topological polar surface area (TPSA) is 73.1 Å². The molecule has 0 radical (unpaired) electrons. The number of hydrogen-bond donors (Lipinski definition) is 2. The fraction of sp³-hybridized carbons (Fsp3) is 0.800. The van der Waals surface area contributed by atoms with Crippen molar-refractivity contribution in [3.8, 4) is 6.07 Å². The minimum Gasteiger partial charge on any atom is -0.382 e. The first-order valence-corrected chi connectivity index (χ1v) is 5.26. The van der Waals surface area contributed by atoms with Crippen molar-refractivity contribution in [1.82, 2.24) is 5.32 Å². The van der Waals surface area contributed by atoms with Crippen molar-refractivity contribution in [1.29, 1.82) is 5.26 Å². The number of carbonyl (C=O) groups is 1. The second kappa shape index (κ2) is 4.92. The number of alkyl halides is 3.